The van der Waals surface area contributed by atoms with E-state index in [-0.39, 0.29) is 17.4 Å². The van der Waals surface area contributed by atoms with Gasteiger partial charge < -0.3 is 10.1 Å². The molecule has 0 radical (unpaired) electrons. The van der Waals surface area contributed by atoms with E-state index in [0.29, 0.717) is 22.2 Å². The fraction of sp³-hybridized carbons (Fsp3) is 0.154. The Hall–Kier alpha value is -3.91. The first-order valence-corrected chi connectivity index (χ1v) is 11.6. The maximum atomic E-state index is 12.6. The van der Waals surface area contributed by atoms with Crippen molar-refractivity contribution >= 4 is 29.1 Å². The molecule has 4 rings (SSSR count). The number of thioether (sulfide) groups is 1. The predicted molar refractivity (Wildman–Crippen MR) is 134 cm³/mol. The second-order valence-corrected chi connectivity index (χ2v) is 8.63. The van der Waals surface area contributed by atoms with Crippen molar-refractivity contribution in [3.05, 3.63) is 83.9 Å². The average Bonchev–Trinajstić information content (AvgIpc) is 3.27. The van der Waals surface area contributed by atoms with Crippen molar-refractivity contribution in [1.82, 2.24) is 14.8 Å². The molecule has 0 aliphatic rings. The third-order valence-corrected chi connectivity index (χ3v) is 6.05. The van der Waals surface area contributed by atoms with Crippen LogP contribution in [0.5, 0.6) is 5.75 Å². The Balaban J connectivity index is 1.59. The number of hydrogen-bond acceptors (Lipinski definition) is 6. The first kappa shape index (κ1) is 23.3. The molecule has 0 saturated carbocycles. The van der Waals surface area contributed by atoms with Crippen LogP contribution in [0.3, 0.4) is 0 Å². The molecule has 1 N–H and O–H groups in total. The highest BCUT2D eigenvalue weighted by Gasteiger charge is 2.18. The van der Waals surface area contributed by atoms with Crippen LogP contribution in [0, 0.1) is 6.92 Å². The molecule has 34 heavy (non-hydrogen) atoms. The molecule has 172 valence electrons. The Labute approximate surface area is 202 Å². The van der Waals surface area contributed by atoms with Crippen LogP contribution in [0.1, 0.15) is 22.8 Å². The minimum Gasteiger partial charge on any atom is -0.497 e. The molecule has 0 bridgehead atoms. The summed E-state index contributed by atoms with van der Waals surface area (Å²) in [6.07, 6.45) is 0. The van der Waals surface area contributed by atoms with Crippen molar-refractivity contribution < 1.29 is 14.3 Å². The summed E-state index contributed by atoms with van der Waals surface area (Å²) in [6.45, 7) is 3.52. The summed E-state index contributed by atoms with van der Waals surface area (Å²) in [7, 11) is 1.62. The van der Waals surface area contributed by atoms with Gasteiger partial charge in [-0.3, -0.25) is 14.2 Å². The Morgan fingerprint density at radius 3 is 2.47 bits per heavy atom. The first-order chi connectivity index (χ1) is 16.4. The van der Waals surface area contributed by atoms with Crippen molar-refractivity contribution in [3.63, 3.8) is 0 Å². The van der Waals surface area contributed by atoms with E-state index >= 15 is 0 Å². The van der Waals surface area contributed by atoms with Crippen LogP contribution in [0.15, 0.2) is 78.0 Å². The van der Waals surface area contributed by atoms with Crippen molar-refractivity contribution in [1.29, 1.82) is 0 Å². The number of hydrogen-bond donors (Lipinski definition) is 1. The quantitative estimate of drug-likeness (QED) is 0.281. The van der Waals surface area contributed by atoms with Crippen LogP contribution in [0.25, 0.3) is 17.1 Å². The van der Waals surface area contributed by atoms with Crippen LogP contribution in [0.2, 0.25) is 0 Å². The molecule has 3 aromatic carbocycles. The lowest BCUT2D eigenvalue weighted by Gasteiger charge is -2.12. The van der Waals surface area contributed by atoms with Crippen LogP contribution in [-0.4, -0.2) is 39.3 Å². The number of ether oxygens (including phenoxy) is 1. The molecule has 0 unspecified atom stereocenters. The number of carbonyl (C=O) groups is 2. The number of carbonyl (C=O) groups excluding carboxylic acids is 2. The largest absolute Gasteiger partial charge is 0.497 e. The lowest BCUT2D eigenvalue weighted by Crippen LogP contribution is -2.15. The van der Waals surface area contributed by atoms with Gasteiger partial charge in [-0.1, -0.05) is 47.7 Å². The van der Waals surface area contributed by atoms with Gasteiger partial charge in [-0.25, -0.2) is 0 Å². The molecule has 4 aromatic rings. The second-order valence-electron chi connectivity index (χ2n) is 7.68. The number of aryl methyl sites for hydroxylation is 1. The highest BCUT2D eigenvalue weighted by Crippen LogP contribution is 2.29. The van der Waals surface area contributed by atoms with E-state index in [4.69, 9.17) is 4.74 Å². The highest BCUT2D eigenvalue weighted by atomic mass is 32.2. The van der Waals surface area contributed by atoms with Crippen LogP contribution < -0.4 is 10.1 Å². The Morgan fingerprint density at radius 1 is 1.00 bits per heavy atom. The van der Waals surface area contributed by atoms with Crippen molar-refractivity contribution in [2.75, 3.05) is 18.2 Å². The molecule has 0 fully saturated rings. The minimum atomic E-state index is -0.202. The van der Waals surface area contributed by atoms with Crippen molar-refractivity contribution in [2.45, 2.75) is 19.0 Å². The number of benzene rings is 3. The van der Waals surface area contributed by atoms with Crippen LogP contribution in [-0.2, 0) is 4.79 Å². The summed E-state index contributed by atoms with van der Waals surface area (Å²) in [5.74, 6) is 1.31. The summed E-state index contributed by atoms with van der Waals surface area (Å²) in [4.78, 5) is 24.2. The van der Waals surface area contributed by atoms with E-state index in [0.717, 1.165) is 22.6 Å². The standard InChI is InChI=1S/C26H24N4O3S/c1-17-6-4-8-20(14-17)25-28-29-26(30(25)22-10-12-23(33-3)13-11-22)34-16-24(32)27-21-9-5-7-19(15-21)18(2)31/h4-15H,16H2,1-3H3,(H,27,32). The van der Waals surface area contributed by atoms with E-state index in [9.17, 15) is 9.59 Å². The van der Waals surface area contributed by atoms with E-state index < -0.39 is 0 Å². The molecule has 0 saturated heterocycles. The second kappa shape index (κ2) is 10.4. The zero-order valence-electron chi connectivity index (χ0n) is 19.1. The van der Waals surface area contributed by atoms with Gasteiger partial charge in [0.1, 0.15) is 5.75 Å². The number of rotatable bonds is 8. The topological polar surface area (TPSA) is 86.1 Å². The number of nitrogens with one attached hydrogen (secondary N) is 1. The fourth-order valence-electron chi connectivity index (χ4n) is 3.44. The molecule has 8 heteroatoms. The normalized spacial score (nSPS) is 10.7. The first-order valence-electron chi connectivity index (χ1n) is 10.6. The highest BCUT2D eigenvalue weighted by molar-refractivity contribution is 7.99. The van der Waals surface area contributed by atoms with Gasteiger partial charge in [0.15, 0.2) is 16.8 Å². The number of methoxy groups -OCH3 is 1. The summed E-state index contributed by atoms with van der Waals surface area (Å²) in [5.41, 5.74) is 4.03. The molecule has 1 heterocycles. The lowest BCUT2D eigenvalue weighted by molar-refractivity contribution is -0.113. The Morgan fingerprint density at radius 2 is 1.76 bits per heavy atom. The van der Waals surface area contributed by atoms with E-state index in [1.807, 2.05) is 60.0 Å². The monoisotopic (exact) mass is 472 g/mol. The third kappa shape index (κ3) is 5.35. The summed E-state index contributed by atoms with van der Waals surface area (Å²) in [6, 6.07) is 22.5. The number of nitrogens with zero attached hydrogens (tertiary/aromatic N) is 3. The maximum absolute atomic E-state index is 12.6. The van der Waals surface area contributed by atoms with Crippen LogP contribution >= 0.6 is 11.8 Å². The van der Waals surface area contributed by atoms with Gasteiger partial charge in [-0.2, -0.15) is 0 Å². The third-order valence-electron chi connectivity index (χ3n) is 5.13. The van der Waals surface area contributed by atoms with Gasteiger partial charge in [-0.05, 0) is 56.3 Å². The zero-order chi connectivity index (χ0) is 24.1. The number of Topliss-reactive ketones (excluding diaryl/α,β-unsaturated/α-hetero) is 1. The zero-order valence-corrected chi connectivity index (χ0v) is 19.9. The smallest absolute Gasteiger partial charge is 0.234 e. The molecular formula is C26H24N4O3S. The predicted octanol–water partition coefficient (Wildman–Crippen LogP) is 5.18. The summed E-state index contributed by atoms with van der Waals surface area (Å²) in [5, 5.41) is 12.2. The molecule has 0 aliphatic heterocycles. The lowest BCUT2D eigenvalue weighted by atomic mass is 10.1. The molecule has 0 aliphatic carbocycles. The Kier molecular flexibility index (Phi) is 7.08. The van der Waals surface area contributed by atoms with Gasteiger partial charge in [0.2, 0.25) is 5.91 Å². The van der Waals surface area contributed by atoms with Crippen molar-refractivity contribution in [2.24, 2.45) is 0 Å². The van der Waals surface area contributed by atoms with Gasteiger partial charge >= 0.3 is 0 Å². The van der Waals surface area contributed by atoms with Gasteiger partial charge in [0, 0.05) is 22.5 Å². The average molecular weight is 473 g/mol. The van der Waals surface area contributed by atoms with E-state index in [1.54, 1.807) is 31.4 Å². The molecule has 1 aromatic heterocycles. The maximum Gasteiger partial charge on any atom is 0.234 e. The summed E-state index contributed by atoms with van der Waals surface area (Å²) >= 11 is 1.29. The SMILES string of the molecule is COc1ccc(-n2c(SCC(=O)Nc3cccc(C(C)=O)c3)nnc2-c2cccc(C)c2)cc1. The number of amides is 1. The van der Waals surface area contributed by atoms with Gasteiger partial charge in [0.05, 0.1) is 12.9 Å². The molecule has 0 atom stereocenters. The Bertz CT molecular complexity index is 1330. The molecule has 7 nitrogen and oxygen atoms in total. The van der Waals surface area contributed by atoms with E-state index in [1.165, 1.54) is 18.7 Å². The van der Waals surface area contributed by atoms with Gasteiger partial charge in [-0.15, -0.1) is 10.2 Å². The molecule has 1 amide bonds. The van der Waals surface area contributed by atoms with E-state index in [2.05, 4.69) is 15.5 Å². The number of aromatic nitrogens is 3. The number of ketones is 1. The van der Waals surface area contributed by atoms with Crippen molar-refractivity contribution in [3.8, 4) is 22.8 Å². The molecule has 0 spiro atoms. The minimum absolute atomic E-state index is 0.0539. The molecular weight excluding hydrogens is 448 g/mol. The van der Waals surface area contributed by atoms with Crippen LogP contribution in [0.4, 0.5) is 5.69 Å². The summed E-state index contributed by atoms with van der Waals surface area (Å²) < 4.78 is 7.22. The number of anilines is 1. The van der Waals surface area contributed by atoms with Gasteiger partial charge in [0.25, 0.3) is 0 Å². The fourth-order valence-corrected chi connectivity index (χ4v) is 4.19.